The van der Waals surface area contributed by atoms with Crippen molar-refractivity contribution in [3.63, 3.8) is 0 Å². The molecule has 7 heteroatoms. The predicted molar refractivity (Wildman–Crippen MR) is 111 cm³/mol. The maximum absolute atomic E-state index is 10.5. The van der Waals surface area contributed by atoms with Crippen LogP contribution in [0, 0.1) is 0 Å². The van der Waals surface area contributed by atoms with E-state index in [0.29, 0.717) is 11.5 Å². The van der Waals surface area contributed by atoms with Gasteiger partial charge in [0, 0.05) is 25.0 Å². The standard InChI is InChI=1S/C20H29N3O3S/c1-5-21-20(23(2)11-10-16-7-6-12-27-16)22-14-17(24)15-8-9-18(25-3)19(13-15)26-4/h6-9,12-13,17,24H,5,10-11,14H2,1-4H3,(H,21,22). The lowest BCUT2D eigenvalue weighted by molar-refractivity contribution is 0.186. The van der Waals surface area contributed by atoms with Crippen molar-refractivity contribution in [2.75, 3.05) is 40.9 Å². The van der Waals surface area contributed by atoms with Crippen molar-refractivity contribution < 1.29 is 14.6 Å². The Morgan fingerprint density at radius 1 is 1.26 bits per heavy atom. The highest BCUT2D eigenvalue weighted by molar-refractivity contribution is 7.09. The zero-order valence-corrected chi connectivity index (χ0v) is 17.3. The van der Waals surface area contributed by atoms with Crippen LogP contribution >= 0.6 is 11.3 Å². The Morgan fingerprint density at radius 2 is 2.04 bits per heavy atom. The highest BCUT2D eigenvalue weighted by atomic mass is 32.1. The Hall–Kier alpha value is -2.25. The minimum atomic E-state index is -0.718. The van der Waals surface area contributed by atoms with E-state index in [-0.39, 0.29) is 6.54 Å². The lowest BCUT2D eigenvalue weighted by Crippen LogP contribution is -2.40. The summed E-state index contributed by atoms with van der Waals surface area (Å²) in [5.74, 6) is 2.02. The van der Waals surface area contributed by atoms with Crippen LogP contribution in [0.4, 0.5) is 0 Å². The fourth-order valence-corrected chi connectivity index (χ4v) is 3.34. The zero-order chi connectivity index (χ0) is 19.6. The molecule has 1 atom stereocenters. The van der Waals surface area contributed by atoms with Gasteiger partial charge >= 0.3 is 0 Å². The maximum atomic E-state index is 10.5. The van der Waals surface area contributed by atoms with E-state index in [2.05, 4.69) is 32.7 Å². The van der Waals surface area contributed by atoms with Crippen LogP contribution in [0.5, 0.6) is 11.5 Å². The van der Waals surface area contributed by atoms with Gasteiger partial charge < -0.3 is 24.8 Å². The normalized spacial score (nSPS) is 12.6. The van der Waals surface area contributed by atoms with Gasteiger partial charge in [-0.25, -0.2) is 0 Å². The van der Waals surface area contributed by atoms with Gasteiger partial charge in [0.1, 0.15) is 0 Å². The number of hydrogen-bond acceptors (Lipinski definition) is 5. The van der Waals surface area contributed by atoms with E-state index >= 15 is 0 Å². The SMILES string of the molecule is CCNC(=NCC(O)c1ccc(OC)c(OC)c1)N(C)CCc1cccs1. The number of rotatable bonds is 9. The molecule has 0 bridgehead atoms. The van der Waals surface area contributed by atoms with Crippen molar-refractivity contribution in [1.29, 1.82) is 0 Å². The molecule has 0 spiro atoms. The van der Waals surface area contributed by atoms with Crippen molar-refractivity contribution in [3.05, 3.63) is 46.2 Å². The van der Waals surface area contributed by atoms with Gasteiger partial charge in [0.25, 0.3) is 0 Å². The Bertz CT molecular complexity index is 719. The van der Waals surface area contributed by atoms with Crippen LogP contribution in [0.1, 0.15) is 23.5 Å². The molecular weight excluding hydrogens is 362 g/mol. The average Bonchev–Trinajstić information content (AvgIpc) is 3.22. The maximum Gasteiger partial charge on any atom is 0.193 e. The number of hydrogen-bond donors (Lipinski definition) is 2. The number of guanidine groups is 1. The molecule has 0 saturated carbocycles. The minimum absolute atomic E-state index is 0.265. The highest BCUT2D eigenvalue weighted by Crippen LogP contribution is 2.30. The summed E-state index contributed by atoms with van der Waals surface area (Å²) in [6.45, 7) is 3.93. The molecule has 0 radical (unpaired) electrons. The second kappa shape index (κ2) is 10.8. The third kappa shape index (κ3) is 6.15. The molecule has 148 valence electrons. The average molecular weight is 392 g/mol. The Kier molecular flexibility index (Phi) is 8.42. The number of ether oxygens (including phenoxy) is 2. The van der Waals surface area contributed by atoms with Gasteiger partial charge in [-0.2, -0.15) is 0 Å². The molecule has 0 fully saturated rings. The first-order valence-electron chi connectivity index (χ1n) is 9.00. The van der Waals surface area contributed by atoms with Gasteiger partial charge in [0.05, 0.1) is 26.9 Å². The van der Waals surface area contributed by atoms with Crippen LogP contribution in [-0.2, 0) is 6.42 Å². The zero-order valence-electron chi connectivity index (χ0n) is 16.4. The van der Waals surface area contributed by atoms with Crippen molar-refractivity contribution in [3.8, 4) is 11.5 Å². The number of thiophene rings is 1. The van der Waals surface area contributed by atoms with Crippen molar-refractivity contribution >= 4 is 17.3 Å². The monoisotopic (exact) mass is 391 g/mol. The highest BCUT2D eigenvalue weighted by Gasteiger charge is 2.13. The molecule has 0 aliphatic rings. The summed E-state index contributed by atoms with van der Waals surface area (Å²) in [7, 11) is 5.18. The van der Waals surface area contributed by atoms with Gasteiger partial charge in [-0.05, 0) is 42.5 Å². The first kappa shape index (κ1) is 21.1. The smallest absolute Gasteiger partial charge is 0.193 e. The summed E-state index contributed by atoms with van der Waals surface area (Å²) in [5, 5.41) is 15.9. The summed E-state index contributed by atoms with van der Waals surface area (Å²) in [5.41, 5.74) is 0.744. The number of aliphatic hydroxyl groups is 1. The summed E-state index contributed by atoms with van der Waals surface area (Å²) in [6.07, 6.45) is 0.251. The van der Waals surface area contributed by atoms with E-state index in [1.807, 2.05) is 20.0 Å². The van der Waals surface area contributed by atoms with Gasteiger partial charge in [-0.1, -0.05) is 12.1 Å². The number of methoxy groups -OCH3 is 2. The summed E-state index contributed by atoms with van der Waals surface area (Å²) < 4.78 is 10.5. The van der Waals surface area contributed by atoms with E-state index < -0.39 is 6.10 Å². The Labute approximate surface area is 165 Å². The van der Waals surface area contributed by atoms with E-state index in [4.69, 9.17) is 9.47 Å². The molecule has 0 amide bonds. The lowest BCUT2D eigenvalue weighted by Gasteiger charge is -2.22. The van der Waals surface area contributed by atoms with Crippen LogP contribution in [0.3, 0.4) is 0 Å². The molecule has 2 rings (SSSR count). The number of benzene rings is 1. The van der Waals surface area contributed by atoms with E-state index in [0.717, 1.165) is 31.0 Å². The van der Waals surface area contributed by atoms with Gasteiger partial charge in [0.15, 0.2) is 17.5 Å². The number of likely N-dealkylation sites (N-methyl/N-ethyl adjacent to an activating group) is 1. The van der Waals surface area contributed by atoms with Gasteiger partial charge in [0.2, 0.25) is 0 Å². The van der Waals surface area contributed by atoms with Crippen molar-refractivity contribution in [2.24, 2.45) is 4.99 Å². The molecule has 1 heterocycles. The van der Waals surface area contributed by atoms with Crippen LogP contribution in [-0.4, -0.2) is 56.9 Å². The lowest BCUT2D eigenvalue weighted by atomic mass is 10.1. The topological polar surface area (TPSA) is 66.3 Å². The third-order valence-electron chi connectivity index (χ3n) is 4.18. The third-order valence-corrected chi connectivity index (χ3v) is 5.11. The van der Waals surface area contributed by atoms with Crippen LogP contribution in [0.2, 0.25) is 0 Å². The van der Waals surface area contributed by atoms with Gasteiger partial charge in [-0.15, -0.1) is 11.3 Å². The van der Waals surface area contributed by atoms with E-state index in [1.165, 1.54) is 4.88 Å². The van der Waals surface area contributed by atoms with Gasteiger partial charge in [-0.3, -0.25) is 4.99 Å². The van der Waals surface area contributed by atoms with Crippen molar-refractivity contribution in [2.45, 2.75) is 19.4 Å². The molecular formula is C20H29N3O3S. The second-order valence-corrected chi connectivity index (χ2v) is 7.11. The molecule has 0 saturated heterocycles. The van der Waals surface area contributed by atoms with Crippen LogP contribution < -0.4 is 14.8 Å². The molecule has 0 aliphatic carbocycles. The quantitative estimate of drug-likeness (QED) is 0.508. The van der Waals surface area contributed by atoms with E-state index in [9.17, 15) is 5.11 Å². The second-order valence-electron chi connectivity index (χ2n) is 6.08. The number of aliphatic hydroxyl groups excluding tert-OH is 1. The Morgan fingerprint density at radius 3 is 2.67 bits per heavy atom. The van der Waals surface area contributed by atoms with Crippen molar-refractivity contribution in [1.82, 2.24) is 10.2 Å². The molecule has 1 unspecified atom stereocenters. The fraction of sp³-hybridized carbons (Fsp3) is 0.450. The molecule has 6 nitrogen and oxygen atoms in total. The Balaban J connectivity index is 2.02. The molecule has 1 aromatic carbocycles. The molecule has 2 N–H and O–H groups in total. The fourth-order valence-electron chi connectivity index (χ4n) is 2.65. The predicted octanol–water partition coefficient (Wildman–Crippen LogP) is 2.94. The van der Waals surface area contributed by atoms with Crippen LogP contribution in [0.25, 0.3) is 0 Å². The number of aliphatic imine (C=N–C) groups is 1. The first-order chi connectivity index (χ1) is 13.1. The summed E-state index contributed by atoms with van der Waals surface area (Å²) in [4.78, 5) is 8.04. The first-order valence-corrected chi connectivity index (χ1v) is 9.88. The minimum Gasteiger partial charge on any atom is -0.493 e. The van der Waals surface area contributed by atoms with Crippen LogP contribution in [0.15, 0.2) is 40.7 Å². The number of nitrogens with zero attached hydrogens (tertiary/aromatic N) is 2. The number of nitrogens with one attached hydrogen (secondary N) is 1. The molecule has 1 aromatic heterocycles. The molecule has 27 heavy (non-hydrogen) atoms. The summed E-state index contributed by atoms with van der Waals surface area (Å²) in [6, 6.07) is 9.61. The largest absolute Gasteiger partial charge is 0.493 e. The molecule has 0 aliphatic heterocycles. The molecule has 2 aromatic rings. The summed E-state index contributed by atoms with van der Waals surface area (Å²) >= 11 is 1.76. The van der Waals surface area contributed by atoms with E-state index in [1.54, 1.807) is 37.7 Å².